The van der Waals surface area contributed by atoms with Gasteiger partial charge in [0.15, 0.2) is 0 Å². The van der Waals surface area contributed by atoms with Crippen molar-refractivity contribution in [1.29, 1.82) is 0 Å². The van der Waals surface area contributed by atoms with Gasteiger partial charge in [-0.1, -0.05) is 20.3 Å². The molecule has 2 amide bonds. The number of carbonyl (C=O) groups excluding carboxylic acids is 1. The van der Waals surface area contributed by atoms with Crippen LogP contribution < -0.4 is 5.32 Å². The predicted octanol–water partition coefficient (Wildman–Crippen LogP) is 1.31. The number of aliphatic carboxylic acids is 1. The number of urea groups is 1. The molecule has 0 aromatic heterocycles. The number of carbonyl (C=O) groups is 2. The van der Waals surface area contributed by atoms with Crippen molar-refractivity contribution in [3.63, 3.8) is 0 Å². The fourth-order valence-corrected chi connectivity index (χ4v) is 2.13. The van der Waals surface area contributed by atoms with Crippen molar-refractivity contribution in [1.82, 2.24) is 10.2 Å². The van der Waals surface area contributed by atoms with Gasteiger partial charge in [0.25, 0.3) is 0 Å². The Morgan fingerprint density at radius 1 is 1.47 bits per heavy atom. The molecule has 2 atom stereocenters. The highest BCUT2D eigenvalue weighted by Crippen LogP contribution is 2.19. The lowest BCUT2D eigenvalue weighted by Crippen LogP contribution is -2.61. The maximum absolute atomic E-state index is 12.2. The molecule has 0 bridgehead atoms. The largest absolute Gasteiger partial charge is 0.480 e. The molecule has 0 aliphatic carbocycles. The van der Waals surface area contributed by atoms with E-state index >= 15 is 0 Å². The molecule has 1 rings (SSSR count). The quantitative estimate of drug-likeness (QED) is 0.808. The highest BCUT2D eigenvalue weighted by Gasteiger charge is 2.36. The molecule has 0 radical (unpaired) electrons. The summed E-state index contributed by atoms with van der Waals surface area (Å²) in [4.78, 5) is 25.1. The number of nitrogens with zero attached hydrogens (tertiary/aromatic N) is 1. The zero-order valence-electron chi connectivity index (χ0n) is 12.1. The minimum atomic E-state index is -0.992. The van der Waals surface area contributed by atoms with Crippen LogP contribution in [0.1, 0.15) is 34.1 Å². The van der Waals surface area contributed by atoms with Crippen molar-refractivity contribution in [2.24, 2.45) is 5.92 Å². The third-order valence-corrected chi connectivity index (χ3v) is 3.65. The number of rotatable bonds is 4. The van der Waals surface area contributed by atoms with Crippen LogP contribution in [-0.4, -0.2) is 53.3 Å². The molecular weight excluding hydrogens is 248 g/mol. The number of carboxylic acid groups (broad SMARTS) is 1. The van der Waals surface area contributed by atoms with Crippen LogP contribution in [0.2, 0.25) is 0 Å². The van der Waals surface area contributed by atoms with Gasteiger partial charge in [0.1, 0.15) is 6.04 Å². The number of carboxylic acids is 1. The van der Waals surface area contributed by atoms with Crippen LogP contribution >= 0.6 is 0 Å². The van der Waals surface area contributed by atoms with Crippen molar-refractivity contribution < 1.29 is 19.4 Å². The molecule has 0 saturated carbocycles. The first kappa shape index (κ1) is 15.8. The molecule has 1 heterocycles. The van der Waals surface area contributed by atoms with E-state index in [4.69, 9.17) is 4.74 Å². The van der Waals surface area contributed by atoms with Gasteiger partial charge in [-0.15, -0.1) is 0 Å². The van der Waals surface area contributed by atoms with Crippen LogP contribution in [0, 0.1) is 5.92 Å². The molecule has 1 aliphatic heterocycles. The van der Waals surface area contributed by atoms with Crippen LogP contribution in [0.15, 0.2) is 0 Å². The van der Waals surface area contributed by atoms with E-state index < -0.39 is 17.6 Å². The second-order valence-corrected chi connectivity index (χ2v) is 5.67. The highest BCUT2D eigenvalue weighted by molar-refractivity contribution is 5.83. The van der Waals surface area contributed by atoms with Crippen molar-refractivity contribution >= 4 is 12.0 Å². The number of nitrogens with one attached hydrogen (secondary N) is 1. The van der Waals surface area contributed by atoms with Gasteiger partial charge in [-0.2, -0.15) is 0 Å². The summed E-state index contributed by atoms with van der Waals surface area (Å²) in [7, 11) is 0. The lowest BCUT2D eigenvalue weighted by atomic mass is 9.99. The maximum atomic E-state index is 12.2. The molecule has 2 N–H and O–H groups in total. The van der Waals surface area contributed by atoms with E-state index in [-0.39, 0.29) is 11.9 Å². The van der Waals surface area contributed by atoms with Crippen LogP contribution in [0.5, 0.6) is 0 Å². The van der Waals surface area contributed by atoms with E-state index in [0.29, 0.717) is 26.2 Å². The summed E-state index contributed by atoms with van der Waals surface area (Å²) in [5.41, 5.74) is -0.416. The standard InChI is InChI=1S/C13H24N2O4/c1-5-9(2)10(11(16)17)14-12(18)15-6-7-19-8-13(15,3)4/h9-10H,5-8H2,1-4H3,(H,14,18)(H,16,17)/t9?,10-/m0/s1. The first-order valence-corrected chi connectivity index (χ1v) is 6.68. The lowest BCUT2D eigenvalue weighted by Gasteiger charge is -2.42. The van der Waals surface area contributed by atoms with Crippen molar-refractivity contribution in [2.45, 2.75) is 45.7 Å². The summed E-state index contributed by atoms with van der Waals surface area (Å²) in [5.74, 6) is -1.10. The highest BCUT2D eigenvalue weighted by atomic mass is 16.5. The third kappa shape index (κ3) is 3.83. The van der Waals surface area contributed by atoms with Crippen molar-refractivity contribution in [3.05, 3.63) is 0 Å². The van der Waals surface area contributed by atoms with E-state index in [1.54, 1.807) is 4.90 Å². The van der Waals surface area contributed by atoms with Gasteiger partial charge < -0.3 is 20.1 Å². The average molecular weight is 272 g/mol. The third-order valence-electron chi connectivity index (χ3n) is 3.65. The number of morpholine rings is 1. The van der Waals surface area contributed by atoms with E-state index in [0.717, 1.165) is 0 Å². The zero-order valence-corrected chi connectivity index (χ0v) is 12.1. The molecule has 0 aromatic carbocycles. The monoisotopic (exact) mass is 272 g/mol. The molecule has 1 fully saturated rings. The molecule has 19 heavy (non-hydrogen) atoms. The van der Waals surface area contributed by atoms with E-state index in [1.807, 2.05) is 27.7 Å². The van der Waals surface area contributed by atoms with Crippen LogP contribution in [-0.2, 0) is 9.53 Å². The van der Waals surface area contributed by atoms with Crippen molar-refractivity contribution in [2.75, 3.05) is 19.8 Å². The molecule has 6 nitrogen and oxygen atoms in total. The number of hydrogen-bond acceptors (Lipinski definition) is 3. The summed E-state index contributed by atoms with van der Waals surface area (Å²) in [6, 6.07) is -1.18. The predicted molar refractivity (Wildman–Crippen MR) is 71.0 cm³/mol. The number of amides is 2. The second kappa shape index (κ2) is 6.23. The normalized spacial score (nSPS) is 21.6. The molecule has 0 spiro atoms. The Kier molecular flexibility index (Phi) is 5.17. The molecule has 110 valence electrons. The van der Waals surface area contributed by atoms with Gasteiger partial charge in [0.2, 0.25) is 0 Å². The Balaban J connectivity index is 2.73. The fraction of sp³-hybridized carbons (Fsp3) is 0.846. The van der Waals surface area contributed by atoms with Crippen LogP contribution in [0.3, 0.4) is 0 Å². The Labute approximate surface area is 114 Å². The number of hydrogen-bond donors (Lipinski definition) is 2. The number of ether oxygens (including phenoxy) is 1. The SMILES string of the molecule is CCC(C)[C@H](NC(=O)N1CCOCC1(C)C)C(=O)O. The Bertz CT molecular complexity index is 344. The minimum Gasteiger partial charge on any atom is -0.480 e. The molecule has 6 heteroatoms. The first-order chi connectivity index (χ1) is 8.79. The van der Waals surface area contributed by atoms with E-state index in [1.165, 1.54) is 0 Å². The van der Waals surface area contributed by atoms with Gasteiger partial charge in [0.05, 0.1) is 18.8 Å². The van der Waals surface area contributed by atoms with Crippen LogP contribution in [0.4, 0.5) is 4.79 Å². The minimum absolute atomic E-state index is 0.106. The van der Waals surface area contributed by atoms with E-state index in [9.17, 15) is 14.7 Å². The Morgan fingerprint density at radius 3 is 2.58 bits per heavy atom. The van der Waals surface area contributed by atoms with Gasteiger partial charge in [0, 0.05) is 6.54 Å². The zero-order chi connectivity index (χ0) is 14.6. The summed E-state index contributed by atoms with van der Waals surface area (Å²) in [5, 5.41) is 11.8. The Morgan fingerprint density at radius 2 is 2.11 bits per heavy atom. The molecule has 1 aliphatic rings. The van der Waals surface area contributed by atoms with Gasteiger partial charge >= 0.3 is 12.0 Å². The molecule has 1 saturated heterocycles. The van der Waals surface area contributed by atoms with Crippen LogP contribution in [0.25, 0.3) is 0 Å². The van der Waals surface area contributed by atoms with Crippen molar-refractivity contribution in [3.8, 4) is 0 Å². The van der Waals surface area contributed by atoms with Gasteiger partial charge in [-0.05, 0) is 19.8 Å². The summed E-state index contributed by atoms with van der Waals surface area (Å²) in [6.07, 6.45) is 0.698. The summed E-state index contributed by atoms with van der Waals surface area (Å²) in [6.45, 7) is 8.97. The molecular formula is C13H24N2O4. The van der Waals surface area contributed by atoms with Gasteiger partial charge in [-0.25, -0.2) is 9.59 Å². The first-order valence-electron chi connectivity index (χ1n) is 6.68. The molecule has 1 unspecified atom stereocenters. The summed E-state index contributed by atoms with van der Waals surface area (Å²) < 4.78 is 5.35. The fourth-order valence-electron chi connectivity index (χ4n) is 2.13. The smallest absolute Gasteiger partial charge is 0.326 e. The van der Waals surface area contributed by atoms with E-state index in [2.05, 4.69) is 5.32 Å². The van der Waals surface area contributed by atoms with Gasteiger partial charge in [-0.3, -0.25) is 0 Å². The maximum Gasteiger partial charge on any atom is 0.326 e. The Hall–Kier alpha value is -1.30. The lowest BCUT2D eigenvalue weighted by molar-refractivity contribution is -0.140. The average Bonchev–Trinajstić information content (AvgIpc) is 2.33. The summed E-state index contributed by atoms with van der Waals surface area (Å²) >= 11 is 0. The second-order valence-electron chi connectivity index (χ2n) is 5.67. The topological polar surface area (TPSA) is 78.9 Å². The molecule has 0 aromatic rings.